The van der Waals surface area contributed by atoms with Crippen molar-refractivity contribution in [2.45, 2.75) is 39.0 Å². The van der Waals surface area contributed by atoms with Crippen molar-refractivity contribution in [3.05, 3.63) is 47.0 Å². The molecule has 1 aromatic heterocycles. The van der Waals surface area contributed by atoms with Gasteiger partial charge in [0.05, 0.1) is 18.8 Å². The molecule has 2 aromatic rings. The summed E-state index contributed by atoms with van der Waals surface area (Å²) in [5.41, 5.74) is 2.01. The largest absolute Gasteiger partial charge is 0.365 e. The molecule has 0 bridgehead atoms. The van der Waals surface area contributed by atoms with Crippen LogP contribution >= 0.6 is 0 Å². The number of aromatic nitrogens is 3. The lowest BCUT2D eigenvalue weighted by Gasteiger charge is -2.30. The Morgan fingerprint density at radius 1 is 1.24 bits per heavy atom. The Hall–Kier alpha value is -2.28. The van der Waals surface area contributed by atoms with Gasteiger partial charge in [0.1, 0.15) is 11.9 Å². The first-order valence-corrected chi connectivity index (χ1v) is 8.70. The van der Waals surface area contributed by atoms with E-state index in [0.717, 1.165) is 37.2 Å². The molecule has 4 rings (SSSR count). The number of likely N-dealkylation sites (tertiary alicyclic amines) is 1. The highest BCUT2D eigenvalue weighted by Crippen LogP contribution is 2.28. The van der Waals surface area contributed by atoms with Gasteiger partial charge in [0.15, 0.2) is 5.69 Å². The number of carbonyl (C=O) groups is 1. The smallest absolute Gasteiger partial charge is 0.276 e. The Morgan fingerprint density at radius 3 is 2.68 bits per heavy atom. The monoisotopic (exact) mass is 344 g/mol. The number of nitrogens with zero attached hydrogens (tertiary/aromatic N) is 4. The van der Waals surface area contributed by atoms with Crippen LogP contribution in [0.3, 0.4) is 0 Å². The van der Waals surface area contributed by atoms with Gasteiger partial charge in [-0.05, 0) is 36.5 Å². The van der Waals surface area contributed by atoms with Crippen LogP contribution in [0.1, 0.15) is 47.6 Å². The summed E-state index contributed by atoms with van der Waals surface area (Å²) >= 11 is 0. The van der Waals surface area contributed by atoms with Crippen molar-refractivity contribution in [1.82, 2.24) is 19.9 Å². The van der Waals surface area contributed by atoms with Crippen molar-refractivity contribution >= 4 is 5.91 Å². The van der Waals surface area contributed by atoms with Crippen LogP contribution in [-0.4, -0.2) is 38.9 Å². The Labute approximate surface area is 145 Å². The molecule has 3 heterocycles. The lowest BCUT2D eigenvalue weighted by molar-refractivity contribution is -0.00203. The molecule has 132 valence electrons. The Kier molecular flexibility index (Phi) is 4.25. The lowest BCUT2D eigenvalue weighted by Crippen LogP contribution is -2.38. The minimum Gasteiger partial charge on any atom is -0.365 e. The molecule has 2 aliphatic heterocycles. The van der Waals surface area contributed by atoms with Gasteiger partial charge in [-0.25, -0.2) is 9.07 Å². The van der Waals surface area contributed by atoms with Crippen LogP contribution in [-0.2, 0) is 17.9 Å². The minimum absolute atomic E-state index is 0.0583. The fraction of sp³-hybridized carbons (Fsp3) is 0.500. The topological polar surface area (TPSA) is 60.2 Å². The highest BCUT2D eigenvalue weighted by molar-refractivity contribution is 5.93. The highest BCUT2D eigenvalue weighted by atomic mass is 19.1. The number of fused-ring (bicyclic) bond motifs is 1. The van der Waals surface area contributed by atoms with Gasteiger partial charge in [-0.2, -0.15) is 0 Å². The summed E-state index contributed by atoms with van der Waals surface area (Å²) < 4.78 is 20.7. The molecule has 6 nitrogen and oxygen atoms in total. The van der Waals surface area contributed by atoms with Gasteiger partial charge >= 0.3 is 0 Å². The number of benzene rings is 1. The molecule has 0 saturated carbocycles. The normalized spacial score (nSPS) is 21.2. The molecule has 1 saturated heterocycles. The zero-order chi connectivity index (χ0) is 17.4. The summed E-state index contributed by atoms with van der Waals surface area (Å²) in [5, 5.41) is 8.26. The number of ether oxygens (including phenoxy) is 1. The van der Waals surface area contributed by atoms with Crippen molar-refractivity contribution in [3.8, 4) is 0 Å². The molecule has 2 aliphatic rings. The summed E-state index contributed by atoms with van der Waals surface area (Å²) in [6.45, 7) is 4.50. The Bertz CT molecular complexity index is 766. The number of carbonyl (C=O) groups excluding carboxylic acids is 1. The maximum atomic E-state index is 13.1. The van der Waals surface area contributed by atoms with Crippen molar-refractivity contribution in [1.29, 1.82) is 0 Å². The number of piperidine rings is 1. The number of hydrogen-bond donors (Lipinski definition) is 0. The van der Waals surface area contributed by atoms with Crippen LogP contribution in [0.2, 0.25) is 0 Å². The van der Waals surface area contributed by atoms with E-state index in [4.69, 9.17) is 4.74 Å². The molecule has 1 fully saturated rings. The predicted octanol–water partition coefficient (Wildman–Crippen LogP) is 2.56. The van der Waals surface area contributed by atoms with Crippen LogP contribution in [0.4, 0.5) is 4.39 Å². The lowest BCUT2D eigenvalue weighted by atomic mass is 9.99. The predicted molar refractivity (Wildman–Crippen MR) is 88.3 cm³/mol. The van der Waals surface area contributed by atoms with E-state index in [1.165, 1.54) is 12.1 Å². The quantitative estimate of drug-likeness (QED) is 0.840. The average molecular weight is 344 g/mol. The van der Waals surface area contributed by atoms with Crippen LogP contribution in [0.25, 0.3) is 0 Å². The van der Waals surface area contributed by atoms with Gasteiger partial charge in [0.2, 0.25) is 0 Å². The molecule has 1 aromatic carbocycles. The third-order valence-corrected chi connectivity index (χ3v) is 5.11. The summed E-state index contributed by atoms with van der Waals surface area (Å²) in [7, 11) is 0. The third-order valence-electron chi connectivity index (χ3n) is 5.11. The summed E-state index contributed by atoms with van der Waals surface area (Å²) in [6.07, 6.45) is 1.84. The van der Waals surface area contributed by atoms with Gasteiger partial charge < -0.3 is 9.64 Å². The van der Waals surface area contributed by atoms with Crippen molar-refractivity contribution in [3.63, 3.8) is 0 Å². The van der Waals surface area contributed by atoms with E-state index >= 15 is 0 Å². The van der Waals surface area contributed by atoms with E-state index in [0.29, 0.717) is 18.2 Å². The molecule has 0 spiro atoms. The highest BCUT2D eigenvalue weighted by Gasteiger charge is 2.31. The second-order valence-electron chi connectivity index (χ2n) is 6.89. The zero-order valence-corrected chi connectivity index (χ0v) is 14.2. The summed E-state index contributed by atoms with van der Waals surface area (Å²) in [4.78, 5) is 14.6. The minimum atomic E-state index is -0.273. The molecule has 1 amide bonds. The molecule has 7 heteroatoms. The van der Waals surface area contributed by atoms with Gasteiger partial charge in [-0.15, -0.1) is 5.10 Å². The summed E-state index contributed by atoms with van der Waals surface area (Å²) in [6, 6.07) is 6.26. The van der Waals surface area contributed by atoms with Crippen LogP contribution in [0.15, 0.2) is 24.3 Å². The molecule has 25 heavy (non-hydrogen) atoms. The molecule has 0 unspecified atom stereocenters. The van der Waals surface area contributed by atoms with Crippen LogP contribution in [0.5, 0.6) is 0 Å². The fourth-order valence-corrected chi connectivity index (χ4v) is 3.42. The van der Waals surface area contributed by atoms with Gasteiger partial charge in [-0.1, -0.05) is 24.3 Å². The van der Waals surface area contributed by atoms with Gasteiger partial charge in [0.25, 0.3) is 5.91 Å². The molecule has 0 radical (unpaired) electrons. The Balaban J connectivity index is 1.50. The van der Waals surface area contributed by atoms with E-state index in [-0.39, 0.29) is 24.4 Å². The van der Waals surface area contributed by atoms with Gasteiger partial charge in [0, 0.05) is 13.1 Å². The fourth-order valence-electron chi connectivity index (χ4n) is 3.42. The zero-order valence-electron chi connectivity index (χ0n) is 14.2. The molecule has 0 N–H and O–H groups in total. The van der Waals surface area contributed by atoms with E-state index in [1.807, 2.05) is 4.90 Å². The first kappa shape index (κ1) is 16.2. The maximum Gasteiger partial charge on any atom is 0.276 e. The SMILES string of the molecule is CC1CCN(C(=O)c2nnn3c2CO[C@H](c2ccc(F)cc2)C3)CC1. The van der Waals surface area contributed by atoms with Crippen LogP contribution in [0, 0.1) is 11.7 Å². The number of halogens is 1. The average Bonchev–Trinajstić information content (AvgIpc) is 3.05. The number of amides is 1. The van der Waals surface area contributed by atoms with Crippen molar-refractivity contribution in [2.24, 2.45) is 5.92 Å². The van der Waals surface area contributed by atoms with E-state index < -0.39 is 0 Å². The third kappa shape index (κ3) is 3.16. The van der Waals surface area contributed by atoms with Crippen LogP contribution < -0.4 is 0 Å². The molecule has 0 aliphatic carbocycles. The second kappa shape index (κ2) is 6.55. The first-order chi connectivity index (χ1) is 12.1. The number of rotatable bonds is 2. The summed E-state index contributed by atoms with van der Waals surface area (Å²) in [5.74, 6) is 0.333. The van der Waals surface area contributed by atoms with Gasteiger partial charge in [-0.3, -0.25) is 4.79 Å². The molecule has 1 atom stereocenters. The first-order valence-electron chi connectivity index (χ1n) is 8.70. The second-order valence-corrected chi connectivity index (χ2v) is 6.89. The van der Waals surface area contributed by atoms with Crippen molar-refractivity contribution < 1.29 is 13.9 Å². The molecular weight excluding hydrogens is 323 g/mol. The number of hydrogen-bond acceptors (Lipinski definition) is 4. The Morgan fingerprint density at radius 2 is 1.96 bits per heavy atom. The standard InChI is InChI=1S/C18H21FN4O2/c1-12-6-8-22(9-7-12)18(24)17-15-11-25-16(10-23(15)21-20-17)13-2-4-14(19)5-3-13/h2-5,12,16H,6-11H2,1H3/t16-/m0/s1. The maximum absolute atomic E-state index is 13.1. The molecular formula is C18H21FN4O2. The van der Waals surface area contributed by atoms with E-state index in [9.17, 15) is 9.18 Å². The van der Waals surface area contributed by atoms with Crippen molar-refractivity contribution in [2.75, 3.05) is 13.1 Å². The van der Waals surface area contributed by atoms with E-state index in [1.54, 1.807) is 16.8 Å². The van der Waals surface area contributed by atoms with E-state index in [2.05, 4.69) is 17.2 Å².